The molecule has 5 rings (SSSR count). The summed E-state index contributed by atoms with van der Waals surface area (Å²) in [5, 5.41) is 3.87. The summed E-state index contributed by atoms with van der Waals surface area (Å²) in [6, 6.07) is 22.6. The molecule has 0 bridgehead atoms. The molecule has 0 radical (unpaired) electrons. The maximum absolute atomic E-state index is 13.5. The van der Waals surface area contributed by atoms with Gasteiger partial charge in [0.25, 0.3) is 11.8 Å². The minimum absolute atomic E-state index is 0.145. The lowest BCUT2D eigenvalue weighted by Crippen LogP contribution is -2.54. The van der Waals surface area contributed by atoms with Gasteiger partial charge in [0.1, 0.15) is 29.5 Å². The van der Waals surface area contributed by atoms with Crippen molar-refractivity contribution in [2.75, 3.05) is 11.5 Å². The predicted molar refractivity (Wildman–Crippen MR) is 141 cm³/mol. The third kappa shape index (κ3) is 4.97. The van der Waals surface area contributed by atoms with Crippen molar-refractivity contribution >= 4 is 40.4 Å². The second-order valence-corrected chi connectivity index (χ2v) is 8.50. The number of urea groups is 1. The highest BCUT2D eigenvalue weighted by molar-refractivity contribution is 6.39. The van der Waals surface area contributed by atoms with Crippen molar-refractivity contribution in [2.24, 2.45) is 0 Å². The molecule has 1 N–H and O–H groups in total. The maximum atomic E-state index is 13.5. The van der Waals surface area contributed by atoms with Crippen molar-refractivity contribution in [3.8, 4) is 11.5 Å². The molecule has 1 aliphatic heterocycles. The van der Waals surface area contributed by atoms with Crippen LogP contribution in [0.4, 0.5) is 14.9 Å². The highest BCUT2D eigenvalue weighted by Gasteiger charge is 2.37. The molecule has 8 heteroatoms. The number of nitrogens with one attached hydrogen (secondary N) is 1. The minimum atomic E-state index is -0.841. The molecule has 0 spiro atoms. The van der Waals surface area contributed by atoms with Crippen molar-refractivity contribution in [1.29, 1.82) is 0 Å². The summed E-state index contributed by atoms with van der Waals surface area (Å²) >= 11 is 0. The number of benzene rings is 4. The molecule has 1 aliphatic rings. The molecule has 4 amide bonds. The Morgan fingerprint density at radius 3 is 2.34 bits per heavy atom. The fourth-order valence-corrected chi connectivity index (χ4v) is 4.19. The third-order valence-corrected chi connectivity index (χ3v) is 6.03. The van der Waals surface area contributed by atoms with Gasteiger partial charge in [-0.05, 0) is 71.8 Å². The van der Waals surface area contributed by atoms with E-state index < -0.39 is 17.8 Å². The number of carbonyl (C=O) groups excluding carboxylic acids is 3. The molecular formula is C30H23FN2O5. The minimum Gasteiger partial charge on any atom is -0.494 e. The lowest BCUT2D eigenvalue weighted by atomic mass is 9.99. The molecule has 7 nitrogen and oxygen atoms in total. The van der Waals surface area contributed by atoms with E-state index in [1.165, 1.54) is 18.2 Å². The van der Waals surface area contributed by atoms with E-state index in [0.717, 1.165) is 21.2 Å². The lowest BCUT2D eigenvalue weighted by Gasteiger charge is -2.26. The zero-order valence-corrected chi connectivity index (χ0v) is 20.4. The van der Waals surface area contributed by atoms with Gasteiger partial charge in [-0.3, -0.25) is 14.9 Å². The molecule has 190 valence electrons. The highest BCUT2D eigenvalue weighted by atomic mass is 19.1. The van der Waals surface area contributed by atoms with Gasteiger partial charge >= 0.3 is 6.03 Å². The highest BCUT2D eigenvalue weighted by Crippen LogP contribution is 2.32. The molecule has 0 saturated carbocycles. The van der Waals surface area contributed by atoms with Crippen molar-refractivity contribution in [3.63, 3.8) is 0 Å². The molecule has 0 unspecified atom stereocenters. The molecule has 1 heterocycles. The number of amides is 4. The first kappa shape index (κ1) is 24.7. The first-order valence-corrected chi connectivity index (χ1v) is 12.0. The number of halogens is 1. The molecule has 1 saturated heterocycles. The van der Waals surface area contributed by atoms with Gasteiger partial charge in [0.2, 0.25) is 0 Å². The number of barbiturate groups is 1. The van der Waals surface area contributed by atoms with Crippen LogP contribution in [0.2, 0.25) is 0 Å². The average molecular weight is 511 g/mol. The Labute approximate surface area is 218 Å². The second kappa shape index (κ2) is 10.6. The van der Waals surface area contributed by atoms with E-state index in [0.29, 0.717) is 29.4 Å². The van der Waals surface area contributed by atoms with Crippen LogP contribution in [-0.2, 0) is 16.2 Å². The van der Waals surface area contributed by atoms with Crippen LogP contribution >= 0.6 is 0 Å². The second-order valence-electron chi connectivity index (χ2n) is 8.50. The van der Waals surface area contributed by atoms with E-state index in [1.54, 1.807) is 42.5 Å². The Bertz CT molecular complexity index is 1560. The van der Waals surface area contributed by atoms with E-state index in [2.05, 4.69) is 5.32 Å². The SMILES string of the molecule is CCOc1ccc(N2C(=O)NC(=O)/C(=C\c3c(OCc4ccc(F)cc4)ccc4ccccc34)C2=O)cc1. The van der Waals surface area contributed by atoms with Crippen LogP contribution in [-0.4, -0.2) is 24.5 Å². The van der Waals surface area contributed by atoms with Gasteiger partial charge in [-0.15, -0.1) is 0 Å². The molecule has 0 aliphatic carbocycles. The lowest BCUT2D eigenvalue weighted by molar-refractivity contribution is -0.122. The van der Waals surface area contributed by atoms with Gasteiger partial charge in [0.05, 0.1) is 12.3 Å². The zero-order chi connectivity index (χ0) is 26.6. The topological polar surface area (TPSA) is 84.9 Å². The van der Waals surface area contributed by atoms with Crippen LogP contribution in [0.3, 0.4) is 0 Å². The van der Waals surface area contributed by atoms with Crippen LogP contribution in [0, 0.1) is 5.82 Å². The number of fused-ring (bicyclic) bond motifs is 1. The summed E-state index contributed by atoms with van der Waals surface area (Å²) in [5.74, 6) is -0.907. The van der Waals surface area contributed by atoms with Gasteiger partial charge in [-0.2, -0.15) is 0 Å². The van der Waals surface area contributed by atoms with Crippen molar-refractivity contribution in [2.45, 2.75) is 13.5 Å². The third-order valence-electron chi connectivity index (χ3n) is 6.03. The smallest absolute Gasteiger partial charge is 0.335 e. The van der Waals surface area contributed by atoms with Crippen LogP contribution in [0.5, 0.6) is 11.5 Å². The summed E-state index contributed by atoms with van der Waals surface area (Å²) < 4.78 is 24.8. The van der Waals surface area contributed by atoms with E-state index >= 15 is 0 Å². The molecule has 4 aromatic rings. The zero-order valence-electron chi connectivity index (χ0n) is 20.4. The Kier molecular flexibility index (Phi) is 6.86. The van der Waals surface area contributed by atoms with Crippen LogP contribution < -0.4 is 19.7 Å². The van der Waals surface area contributed by atoms with E-state index in [9.17, 15) is 18.8 Å². The fourth-order valence-electron chi connectivity index (χ4n) is 4.19. The number of nitrogens with zero attached hydrogens (tertiary/aromatic N) is 1. The summed E-state index contributed by atoms with van der Waals surface area (Å²) in [6.45, 7) is 2.47. The van der Waals surface area contributed by atoms with E-state index in [-0.39, 0.29) is 18.0 Å². The van der Waals surface area contributed by atoms with Gasteiger partial charge in [-0.25, -0.2) is 14.1 Å². The van der Waals surface area contributed by atoms with E-state index in [4.69, 9.17) is 9.47 Å². The molecule has 38 heavy (non-hydrogen) atoms. The van der Waals surface area contributed by atoms with Crippen LogP contribution in [0.25, 0.3) is 16.8 Å². The number of ether oxygens (including phenoxy) is 2. The number of hydrogen-bond acceptors (Lipinski definition) is 5. The molecule has 0 atom stereocenters. The van der Waals surface area contributed by atoms with Crippen LogP contribution in [0.15, 0.2) is 90.5 Å². The Morgan fingerprint density at radius 1 is 0.868 bits per heavy atom. The normalized spacial score (nSPS) is 14.6. The first-order chi connectivity index (χ1) is 18.4. The summed E-state index contributed by atoms with van der Waals surface area (Å²) in [7, 11) is 0. The fraction of sp³-hybridized carbons (Fsp3) is 0.100. The molecular weight excluding hydrogens is 487 g/mol. The van der Waals surface area contributed by atoms with Crippen molar-refractivity contribution in [3.05, 3.63) is 107 Å². The number of carbonyl (C=O) groups is 3. The number of hydrogen-bond donors (Lipinski definition) is 1. The average Bonchev–Trinajstić information content (AvgIpc) is 2.92. The van der Waals surface area contributed by atoms with Gasteiger partial charge in [-0.1, -0.05) is 42.5 Å². The number of imide groups is 2. The van der Waals surface area contributed by atoms with Crippen molar-refractivity contribution in [1.82, 2.24) is 5.32 Å². The van der Waals surface area contributed by atoms with Gasteiger partial charge in [0, 0.05) is 5.56 Å². The van der Waals surface area contributed by atoms with E-state index in [1.807, 2.05) is 37.3 Å². The number of rotatable bonds is 7. The number of anilines is 1. The summed E-state index contributed by atoms with van der Waals surface area (Å²) in [5.41, 5.74) is 1.32. The quantitative estimate of drug-likeness (QED) is 0.258. The monoisotopic (exact) mass is 510 g/mol. The summed E-state index contributed by atoms with van der Waals surface area (Å²) in [6.07, 6.45) is 1.44. The molecule has 1 fully saturated rings. The molecule has 4 aromatic carbocycles. The predicted octanol–water partition coefficient (Wildman–Crippen LogP) is 5.62. The van der Waals surface area contributed by atoms with Gasteiger partial charge in [0.15, 0.2) is 0 Å². The Morgan fingerprint density at radius 2 is 1.61 bits per heavy atom. The van der Waals surface area contributed by atoms with Crippen molar-refractivity contribution < 1.29 is 28.2 Å². The summed E-state index contributed by atoms with van der Waals surface area (Å²) in [4.78, 5) is 39.9. The Hall–Kier alpha value is -4.98. The first-order valence-electron chi connectivity index (χ1n) is 12.0. The largest absolute Gasteiger partial charge is 0.494 e. The van der Waals surface area contributed by atoms with Crippen LogP contribution in [0.1, 0.15) is 18.1 Å². The maximum Gasteiger partial charge on any atom is 0.335 e. The Balaban J connectivity index is 1.54. The standard InChI is InChI=1S/C30H23FN2O5/c1-2-37-23-14-12-22(13-15-23)33-29(35)26(28(34)32-30(33)36)17-25-24-6-4-3-5-20(24)9-16-27(25)38-18-19-7-10-21(31)11-8-19/h3-17H,2,18H2,1H3,(H,32,34,36)/b26-17+. The molecule has 0 aromatic heterocycles. The van der Waals surface area contributed by atoms with Gasteiger partial charge < -0.3 is 9.47 Å².